The molecule has 12 heteroatoms. The molecule has 7 nitrogen and oxygen atoms in total. The van der Waals surface area contributed by atoms with Gasteiger partial charge in [0, 0.05) is 18.3 Å². The minimum atomic E-state index is -5.86. The maximum atomic E-state index is 13.0. The van der Waals surface area contributed by atoms with Gasteiger partial charge in [0.1, 0.15) is 11.6 Å². The summed E-state index contributed by atoms with van der Waals surface area (Å²) in [6, 6.07) is 6.72. The second kappa shape index (κ2) is 10.5. The summed E-state index contributed by atoms with van der Waals surface area (Å²) in [4.78, 5) is 20.8. The molecule has 0 aliphatic heterocycles. The molecule has 0 bridgehead atoms. The van der Waals surface area contributed by atoms with Crippen LogP contribution >= 0.6 is 0 Å². The van der Waals surface area contributed by atoms with Gasteiger partial charge in [-0.2, -0.15) is 22.0 Å². The van der Waals surface area contributed by atoms with Crippen molar-refractivity contribution in [2.24, 2.45) is 16.6 Å². The van der Waals surface area contributed by atoms with Crippen LogP contribution in [-0.4, -0.2) is 35.7 Å². The summed E-state index contributed by atoms with van der Waals surface area (Å²) >= 11 is 0. The standard InChI is InChI=1S/C21H24F5N5O2/c1-12(2)11-29-19(27)31-17-10-15(8-9-28-17)13(3)30-18(32)14-4-6-16(7-5-14)33-21(25,26)20(22,23)24/h4-10,12-13H,11H2,1-3H3,(H,30,32)(H3,27,28,29,31). The van der Waals surface area contributed by atoms with E-state index in [4.69, 9.17) is 5.73 Å². The van der Waals surface area contributed by atoms with Crippen molar-refractivity contribution in [2.45, 2.75) is 39.1 Å². The lowest BCUT2D eigenvalue weighted by Crippen LogP contribution is -2.41. The van der Waals surface area contributed by atoms with Gasteiger partial charge in [0.2, 0.25) is 0 Å². The first kappa shape index (κ1) is 25.8. The summed E-state index contributed by atoms with van der Waals surface area (Å²) in [5, 5.41) is 5.56. The lowest BCUT2D eigenvalue weighted by atomic mass is 10.1. The Morgan fingerprint density at radius 2 is 1.76 bits per heavy atom. The normalized spacial score (nSPS) is 13.5. The van der Waals surface area contributed by atoms with Crippen molar-refractivity contribution in [1.82, 2.24) is 10.3 Å². The van der Waals surface area contributed by atoms with E-state index in [9.17, 15) is 26.7 Å². The van der Waals surface area contributed by atoms with Crippen LogP contribution in [0.3, 0.4) is 0 Å². The molecule has 2 rings (SSSR count). The molecule has 1 heterocycles. The van der Waals surface area contributed by atoms with Gasteiger partial charge in [-0.25, -0.2) is 4.98 Å². The van der Waals surface area contributed by atoms with Crippen LogP contribution in [0, 0.1) is 5.92 Å². The first-order valence-corrected chi connectivity index (χ1v) is 9.86. The van der Waals surface area contributed by atoms with Crippen LogP contribution in [0.4, 0.5) is 27.8 Å². The summed E-state index contributed by atoms with van der Waals surface area (Å²) in [6.45, 7) is 6.24. The number of rotatable bonds is 8. The largest absolute Gasteiger partial charge is 0.499 e. The SMILES string of the molecule is CC(C)CN=C(N)Nc1cc(C(C)NC(=O)c2ccc(OC(F)(F)C(F)(F)F)cc2)ccn1. The van der Waals surface area contributed by atoms with E-state index in [1.54, 1.807) is 19.1 Å². The molecule has 0 spiro atoms. The van der Waals surface area contributed by atoms with Gasteiger partial charge in [-0.3, -0.25) is 9.79 Å². The van der Waals surface area contributed by atoms with Crippen molar-refractivity contribution in [3.05, 3.63) is 53.7 Å². The van der Waals surface area contributed by atoms with Crippen molar-refractivity contribution in [2.75, 3.05) is 11.9 Å². The average Bonchev–Trinajstić information content (AvgIpc) is 2.71. The molecule has 1 amide bonds. The number of amides is 1. The van der Waals surface area contributed by atoms with Crippen LogP contribution in [0.2, 0.25) is 0 Å². The van der Waals surface area contributed by atoms with Crippen molar-refractivity contribution < 1.29 is 31.5 Å². The van der Waals surface area contributed by atoms with E-state index >= 15 is 0 Å². The van der Waals surface area contributed by atoms with E-state index in [0.717, 1.165) is 24.3 Å². The number of guanidine groups is 1. The number of ether oxygens (including phenoxy) is 1. The molecular formula is C21H24F5N5O2. The Balaban J connectivity index is 2.02. The highest BCUT2D eigenvalue weighted by molar-refractivity contribution is 5.94. The lowest BCUT2D eigenvalue weighted by molar-refractivity contribution is -0.360. The Morgan fingerprint density at radius 3 is 2.33 bits per heavy atom. The van der Waals surface area contributed by atoms with Crippen molar-refractivity contribution >= 4 is 17.7 Å². The molecule has 0 saturated carbocycles. The molecule has 1 unspecified atom stereocenters. The lowest BCUT2D eigenvalue weighted by Gasteiger charge is -2.20. The molecule has 180 valence electrons. The van der Waals surface area contributed by atoms with Gasteiger partial charge < -0.3 is 21.1 Å². The topological polar surface area (TPSA) is 102 Å². The first-order chi connectivity index (χ1) is 15.3. The fourth-order valence-corrected chi connectivity index (χ4v) is 2.48. The maximum Gasteiger partial charge on any atom is 0.499 e. The monoisotopic (exact) mass is 473 g/mol. The highest BCUT2D eigenvalue weighted by atomic mass is 19.4. The zero-order chi connectivity index (χ0) is 24.8. The maximum absolute atomic E-state index is 13.0. The Bertz CT molecular complexity index is 978. The number of anilines is 1. The molecule has 2 aromatic rings. The number of nitrogens with two attached hydrogens (primary N) is 1. The molecule has 0 saturated heterocycles. The summed E-state index contributed by atoms with van der Waals surface area (Å²) in [6.07, 6.45) is -9.69. The minimum Gasteiger partial charge on any atom is -0.426 e. The van der Waals surface area contributed by atoms with Gasteiger partial charge in [0.15, 0.2) is 5.96 Å². The molecule has 1 atom stereocenters. The van der Waals surface area contributed by atoms with E-state index in [2.05, 4.69) is 25.3 Å². The second-order valence-electron chi connectivity index (χ2n) is 7.56. The fourth-order valence-electron chi connectivity index (χ4n) is 2.48. The number of alkyl halides is 5. The van der Waals surface area contributed by atoms with Gasteiger partial charge in [0.25, 0.3) is 5.91 Å². The highest BCUT2D eigenvalue weighted by Gasteiger charge is 2.61. The molecule has 1 aromatic heterocycles. The number of carbonyl (C=O) groups excluding carboxylic acids is 1. The Kier molecular flexibility index (Phi) is 8.18. The predicted octanol–water partition coefficient (Wildman–Crippen LogP) is 4.49. The molecular weight excluding hydrogens is 449 g/mol. The third-order valence-corrected chi connectivity index (χ3v) is 4.21. The van der Waals surface area contributed by atoms with E-state index < -0.39 is 30.0 Å². The molecule has 33 heavy (non-hydrogen) atoms. The Labute approximate surface area is 187 Å². The zero-order valence-electron chi connectivity index (χ0n) is 18.1. The van der Waals surface area contributed by atoms with E-state index in [1.807, 2.05) is 13.8 Å². The quantitative estimate of drug-likeness (QED) is 0.298. The molecule has 0 aliphatic rings. The van der Waals surface area contributed by atoms with Gasteiger partial charge in [-0.1, -0.05) is 13.8 Å². The number of hydrogen-bond acceptors (Lipinski definition) is 4. The van der Waals surface area contributed by atoms with Crippen LogP contribution in [0.5, 0.6) is 5.75 Å². The number of aliphatic imine (C=N–C) groups is 1. The van der Waals surface area contributed by atoms with Crippen LogP contribution < -0.4 is 21.1 Å². The number of carbonyl (C=O) groups is 1. The number of nitrogens with zero attached hydrogens (tertiary/aromatic N) is 2. The summed E-state index contributed by atoms with van der Waals surface area (Å²) < 4.78 is 66.4. The van der Waals surface area contributed by atoms with Crippen LogP contribution in [0.1, 0.15) is 42.7 Å². The minimum absolute atomic E-state index is 0.0435. The third kappa shape index (κ3) is 7.58. The highest BCUT2D eigenvalue weighted by Crippen LogP contribution is 2.37. The predicted molar refractivity (Wildman–Crippen MR) is 113 cm³/mol. The molecule has 4 N–H and O–H groups in total. The first-order valence-electron chi connectivity index (χ1n) is 9.86. The van der Waals surface area contributed by atoms with E-state index in [-0.39, 0.29) is 11.5 Å². The van der Waals surface area contributed by atoms with Crippen LogP contribution in [0.25, 0.3) is 0 Å². The fraction of sp³-hybridized carbons (Fsp3) is 0.381. The van der Waals surface area contributed by atoms with E-state index in [0.29, 0.717) is 23.8 Å². The number of halogens is 5. The van der Waals surface area contributed by atoms with E-state index in [1.165, 1.54) is 6.20 Å². The van der Waals surface area contributed by atoms with Crippen LogP contribution in [-0.2, 0) is 0 Å². The number of benzene rings is 1. The van der Waals surface area contributed by atoms with Crippen LogP contribution in [0.15, 0.2) is 47.6 Å². The average molecular weight is 473 g/mol. The smallest absolute Gasteiger partial charge is 0.426 e. The second-order valence-corrected chi connectivity index (χ2v) is 7.56. The third-order valence-electron chi connectivity index (χ3n) is 4.21. The molecule has 0 aliphatic carbocycles. The number of hydrogen-bond donors (Lipinski definition) is 3. The van der Waals surface area contributed by atoms with Gasteiger partial charge in [-0.15, -0.1) is 0 Å². The molecule has 0 fully saturated rings. The zero-order valence-corrected chi connectivity index (χ0v) is 18.1. The van der Waals surface area contributed by atoms with Gasteiger partial charge in [0.05, 0.1) is 6.04 Å². The number of nitrogens with one attached hydrogen (secondary N) is 2. The van der Waals surface area contributed by atoms with Crippen molar-refractivity contribution in [1.29, 1.82) is 0 Å². The summed E-state index contributed by atoms with van der Waals surface area (Å²) in [5.74, 6) is -0.347. The van der Waals surface area contributed by atoms with Gasteiger partial charge in [-0.05, 0) is 54.8 Å². The Hall–Kier alpha value is -3.44. The summed E-state index contributed by atoms with van der Waals surface area (Å²) in [7, 11) is 0. The van der Waals surface area contributed by atoms with Gasteiger partial charge >= 0.3 is 12.3 Å². The molecule has 0 radical (unpaired) electrons. The van der Waals surface area contributed by atoms with Crippen molar-refractivity contribution in [3.8, 4) is 5.75 Å². The Morgan fingerprint density at radius 1 is 1.12 bits per heavy atom. The number of pyridine rings is 1. The summed E-state index contributed by atoms with van der Waals surface area (Å²) in [5.41, 5.74) is 6.55. The van der Waals surface area contributed by atoms with Crippen molar-refractivity contribution in [3.63, 3.8) is 0 Å². The number of aromatic nitrogens is 1. The molecule has 1 aromatic carbocycles.